The van der Waals surface area contributed by atoms with Crippen LogP contribution in [0, 0.1) is 5.82 Å². The molecule has 2 aliphatic rings. The largest absolute Gasteiger partial charge is 0.345 e. The van der Waals surface area contributed by atoms with Crippen molar-refractivity contribution in [2.75, 3.05) is 0 Å². The second kappa shape index (κ2) is 10.8. The van der Waals surface area contributed by atoms with Crippen molar-refractivity contribution in [2.24, 2.45) is 0 Å². The van der Waals surface area contributed by atoms with E-state index in [4.69, 9.17) is 0 Å². The van der Waals surface area contributed by atoms with Crippen molar-refractivity contribution in [3.8, 4) is 0 Å². The standard InChI is InChI=1S/C29H27F2N7O/c30-22(7-8-23-13-21-11-20(14-27(21)35-34-23)25-3-1-2-4-26(25)31)16-38-17-28(36-37-38)29(39)33-15-24-12-19(9-10-32-24)18-5-6-18/h1-4,9-13,17-18,22H,5-8,14-16H2,(H,33,39). The highest BCUT2D eigenvalue weighted by atomic mass is 19.1. The third-order valence-corrected chi connectivity index (χ3v) is 7.05. The monoisotopic (exact) mass is 527 g/mol. The molecule has 1 aromatic carbocycles. The molecule has 10 heteroatoms. The number of halogens is 2. The molecule has 0 saturated heterocycles. The quantitative estimate of drug-likeness (QED) is 0.327. The SMILES string of the molecule is O=C(NCc1cc(C2CC2)ccn1)c1cn(CC(F)CCc2cc3c(nn2)CC(c2ccccc2F)=C3)nn1. The van der Waals surface area contributed by atoms with Crippen LogP contribution in [-0.2, 0) is 25.9 Å². The number of hydrogen-bond donors (Lipinski definition) is 1. The van der Waals surface area contributed by atoms with E-state index in [-0.39, 0.29) is 36.9 Å². The fourth-order valence-corrected chi connectivity index (χ4v) is 4.79. The number of alkyl halides is 1. The summed E-state index contributed by atoms with van der Waals surface area (Å²) in [6, 6.07) is 12.6. The summed E-state index contributed by atoms with van der Waals surface area (Å²) in [7, 11) is 0. The van der Waals surface area contributed by atoms with Gasteiger partial charge in [-0.25, -0.2) is 13.5 Å². The van der Waals surface area contributed by atoms with Gasteiger partial charge in [0.1, 0.15) is 12.0 Å². The van der Waals surface area contributed by atoms with E-state index in [1.165, 1.54) is 35.4 Å². The third-order valence-electron chi connectivity index (χ3n) is 7.05. The molecule has 2 aliphatic carbocycles. The summed E-state index contributed by atoms with van der Waals surface area (Å²) in [5.74, 6) is -0.0399. The lowest BCUT2D eigenvalue weighted by molar-refractivity contribution is 0.0945. The molecule has 4 aromatic rings. The maximum absolute atomic E-state index is 14.8. The van der Waals surface area contributed by atoms with Crippen molar-refractivity contribution in [2.45, 2.75) is 57.3 Å². The summed E-state index contributed by atoms with van der Waals surface area (Å²) in [4.78, 5) is 16.8. The molecule has 198 valence electrons. The van der Waals surface area contributed by atoms with E-state index >= 15 is 0 Å². The molecule has 3 aromatic heterocycles. The molecule has 0 aliphatic heterocycles. The highest BCUT2D eigenvalue weighted by Gasteiger charge is 2.24. The van der Waals surface area contributed by atoms with E-state index in [1.807, 2.05) is 24.3 Å². The molecule has 1 amide bonds. The summed E-state index contributed by atoms with van der Waals surface area (Å²) < 4.78 is 30.3. The fourth-order valence-electron chi connectivity index (χ4n) is 4.79. The number of rotatable bonds is 10. The first kappa shape index (κ1) is 25.0. The highest BCUT2D eigenvalue weighted by molar-refractivity contribution is 5.91. The number of hydrogen-bond acceptors (Lipinski definition) is 6. The molecule has 3 heterocycles. The van der Waals surface area contributed by atoms with Crippen LogP contribution in [0.4, 0.5) is 8.78 Å². The molecule has 0 spiro atoms. The highest BCUT2D eigenvalue weighted by Crippen LogP contribution is 2.39. The van der Waals surface area contributed by atoms with Crippen LogP contribution < -0.4 is 5.32 Å². The van der Waals surface area contributed by atoms with Crippen LogP contribution in [0.1, 0.15) is 69.4 Å². The Labute approximate surface area is 224 Å². The van der Waals surface area contributed by atoms with Crippen molar-refractivity contribution in [1.29, 1.82) is 0 Å². The topological polar surface area (TPSA) is 98.5 Å². The minimum atomic E-state index is -1.21. The fraction of sp³-hybridized carbons (Fsp3) is 0.310. The van der Waals surface area contributed by atoms with Gasteiger partial charge in [0.2, 0.25) is 0 Å². The van der Waals surface area contributed by atoms with Crippen molar-refractivity contribution >= 4 is 17.6 Å². The van der Waals surface area contributed by atoms with E-state index in [0.717, 1.165) is 22.5 Å². The zero-order valence-corrected chi connectivity index (χ0v) is 21.2. The third kappa shape index (κ3) is 5.89. The summed E-state index contributed by atoms with van der Waals surface area (Å²) in [5, 5.41) is 19.1. The van der Waals surface area contributed by atoms with Crippen molar-refractivity contribution in [1.82, 2.24) is 35.5 Å². The van der Waals surface area contributed by atoms with Crippen LogP contribution in [0.25, 0.3) is 11.6 Å². The molecule has 0 radical (unpaired) electrons. The van der Waals surface area contributed by atoms with E-state index in [2.05, 4.69) is 30.8 Å². The molecular formula is C29H27F2N7O. The molecule has 8 nitrogen and oxygen atoms in total. The molecule has 39 heavy (non-hydrogen) atoms. The second-order valence-electron chi connectivity index (χ2n) is 10.1. The molecule has 1 atom stereocenters. The van der Waals surface area contributed by atoms with Gasteiger partial charge in [0.05, 0.1) is 36.4 Å². The number of aromatic nitrogens is 6. The number of carbonyl (C=O) groups is 1. The van der Waals surface area contributed by atoms with Crippen LogP contribution in [0.15, 0.2) is 54.9 Å². The lowest BCUT2D eigenvalue weighted by Gasteiger charge is -2.08. The normalized spacial score (nSPS) is 15.1. The Bertz CT molecular complexity index is 1550. The first-order valence-electron chi connectivity index (χ1n) is 13.1. The Kier molecular flexibility index (Phi) is 6.91. The maximum Gasteiger partial charge on any atom is 0.273 e. The minimum Gasteiger partial charge on any atom is -0.345 e. The zero-order valence-electron chi connectivity index (χ0n) is 21.2. The Hall–Kier alpha value is -4.34. The molecule has 1 N–H and O–H groups in total. The Morgan fingerprint density at radius 2 is 1.97 bits per heavy atom. The number of pyridine rings is 1. The number of benzene rings is 1. The van der Waals surface area contributed by atoms with Crippen LogP contribution in [-0.4, -0.2) is 42.3 Å². The number of carbonyl (C=O) groups excluding carboxylic acids is 1. The first-order chi connectivity index (χ1) is 19.0. The van der Waals surface area contributed by atoms with Gasteiger partial charge in [-0.3, -0.25) is 9.78 Å². The number of allylic oxidation sites excluding steroid dienone is 1. The van der Waals surface area contributed by atoms with Gasteiger partial charge in [-0.05, 0) is 73.1 Å². The van der Waals surface area contributed by atoms with E-state index < -0.39 is 6.17 Å². The first-order valence-corrected chi connectivity index (χ1v) is 13.1. The summed E-state index contributed by atoms with van der Waals surface area (Å²) in [6.45, 7) is 0.262. The number of amides is 1. The van der Waals surface area contributed by atoms with E-state index in [0.29, 0.717) is 30.0 Å². The van der Waals surface area contributed by atoms with Gasteiger partial charge in [-0.15, -0.1) is 5.10 Å². The average molecular weight is 528 g/mol. The Morgan fingerprint density at radius 1 is 1.10 bits per heavy atom. The molecule has 0 bridgehead atoms. The summed E-state index contributed by atoms with van der Waals surface area (Å²) in [5.41, 5.74) is 5.92. The Morgan fingerprint density at radius 3 is 2.82 bits per heavy atom. The van der Waals surface area contributed by atoms with Gasteiger partial charge < -0.3 is 5.32 Å². The smallest absolute Gasteiger partial charge is 0.273 e. The average Bonchev–Trinajstić information content (AvgIpc) is 3.56. The molecule has 1 saturated carbocycles. The van der Waals surface area contributed by atoms with E-state index in [9.17, 15) is 13.6 Å². The molecule has 1 fully saturated rings. The second-order valence-corrected chi connectivity index (χ2v) is 10.1. The number of nitrogens with zero attached hydrogens (tertiary/aromatic N) is 6. The number of fused-ring (bicyclic) bond motifs is 1. The number of nitrogens with one attached hydrogen (secondary N) is 1. The number of aryl methyl sites for hydroxylation is 1. The molecule has 6 rings (SSSR count). The van der Waals surface area contributed by atoms with Gasteiger partial charge >= 0.3 is 0 Å². The molecular weight excluding hydrogens is 500 g/mol. The maximum atomic E-state index is 14.8. The van der Waals surface area contributed by atoms with Crippen LogP contribution in [0.5, 0.6) is 0 Å². The van der Waals surface area contributed by atoms with Gasteiger partial charge in [0.25, 0.3) is 5.91 Å². The van der Waals surface area contributed by atoms with Crippen molar-refractivity contribution in [3.05, 3.63) is 100 Å². The predicted octanol–water partition coefficient (Wildman–Crippen LogP) is 4.48. The van der Waals surface area contributed by atoms with Crippen molar-refractivity contribution < 1.29 is 13.6 Å². The molecule has 1 unspecified atom stereocenters. The van der Waals surface area contributed by atoms with Gasteiger partial charge in [0, 0.05) is 23.7 Å². The predicted molar refractivity (Wildman–Crippen MR) is 141 cm³/mol. The van der Waals surface area contributed by atoms with Gasteiger partial charge in [-0.2, -0.15) is 10.2 Å². The lowest BCUT2D eigenvalue weighted by Crippen LogP contribution is -2.23. The Balaban J connectivity index is 0.999. The summed E-state index contributed by atoms with van der Waals surface area (Å²) in [6.07, 6.45) is 7.43. The lowest BCUT2D eigenvalue weighted by atomic mass is 10.0. The van der Waals surface area contributed by atoms with E-state index in [1.54, 1.807) is 24.4 Å². The van der Waals surface area contributed by atoms with Crippen LogP contribution in [0.3, 0.4) is 0 Å². The van der Waals surface area contributed by atoms with Crippen LogP contribution >= 0.6 is 0 Å². The van der Waals surface area contributed by atoms with Crippen molar-refractivity contribution in [3.63, 3.8) is 0 Å². The van der Waals surface area contributed by atoms with Crippen LogP contribution in [0.2, 0.25) is 0 Å². The van der Waals surface area contributed by atoms with Gasteiger partial charge in [-0.1, -0.05) is 23.4 Å². The summed E-state index contributed by atoms with van der Waals surface area (Å²) >= 11 is 0. The minimum absolute atomic E-state index is 0.0268. The van der Waals surface area contributed by atoms with Gasteiger partial charge in [0.15, 0.2) is 5.69 Å². The zero-order chi connectivity index (χ0) is 26.8.